The lowest BCUT2D eigenvalue weighted by Crippen LogP contribution is -2.43. The highest BCUT2D eigenvalue weighted by atomic mass is 19.3. The number of halogens is 2. The van der Waals surface area contributed by atoms with Gasteiger partial charge < -0.3 is 11.1 Å². The lowest BCUT2D eigenvalue weighted by molar-refractivity contribution is -0.107. The zero-order valence-electron chi connectivity index (χ0n) is 11.5. The standard InChI is InChI=1S/C13H24F2N4/c1-2-19-5-3-4-11(19)9-18-12(16)17-8-10-6-13(14,15)7-10/h10-11H,2-9H2,1H3,(H3,16,17,18). The molecule has 1 unspecified atom stereocenters. The van der Waals surface area contributed by atoms with Gasteiger partial charge in [-0.3, -0.25) is 9.89 Å². The van der Waals surface area contributed by atoms with E-state index in [4.69, 9.17) is 5.73 Å². The minimum Gasteiger partial charge on any atom is -0.370 e. The van der Waals surface area contributed by atoms with E-state index in [-0.39, 0.29) is 18.8 Å². The molecular weight excluding hydrogens is 250 g/mol. The lowest BCUT2D eigenvalue weighted by atomic mass is 9.81. The van der Waals surface area contributed by atoms with Crippen LogP contribution in [0.15, 0.2) is 4.99 Å². The molecule has 0 aromatic heterocycles. The molecule has 4 nitrogen and oxygen atoms in total. The molecule has 2 rings (SSSR count). The van der Waals surface area contributed by atoms with E-state index in [0.717, 1.165) is 19.6 Å². The number of alkyl halides is 2. The van der Waals surface area contributed by atoms with Crippen LogP contribution in [0.25, 0.3) is 0 Å². The van der Waals surface area contributed by atoms with Gasteiger partial charge in [-0.15, -0.1) is 0 Å². The summed E-state index contributed by atoms with van der Waals surface area (Å²) in [6, 6.07) is 0.520. The highest BCUT2D eigenvalue weighted by molar-refractivity contribution is 5.77. The highest BCUT2D eigenvalue weighted by Crippen LogP contribution is 2.42. The number of rotatable bonds is 5. The van der Waals surface area contributed by atoms with Crippen molar-refractivity contribution in [2.75, 3.05) is 26.2 Å². The topological polar surface area (TPSA) is 53.6 Å². The molecule has 1 aliphatic carbocycles. The Kier molecular flexibility index (Phi) is 4.60. The third-order valence-corrected chi connectivity index (χ3v) is 4.12. The summed E-state index contributed by atoms with van der Waals surface area (Å²) in [6.07, 6.45) is 2.32. The minimum absolute atomic E-state index is 0.00558. The number of aliphatic imine (C=N–C) groups is 1. The fourth-order valence-corrected chi connectivity index (χ4v) is 2.96. The van der Waals surface area contributed by atoms with Gasteiger partial charge in [-0.2, -0.15) is 0 Å². The molecule has 0 aromatic rings. The van der Waals surface area contributed by atoms with Gasteiger partial charge in [0.1, 0.15) is 0 Å². The van der Waals surface area contributed by atoms with E-state index in [1.54, 1.807) is 0 Å². The first-order valence-electron chi connectivity index (χ1n) is 7.16. The Morgan fingerprint density at radius 2 is 2.21 bits per heavy atom. The lowest BCUT2D eigenvalue weighted by Gasteiger charge is -2.33. The molecule has 1 heterocycles. The van der Waals surface area contributed by atoms with Gasteiger partial charge in [-0.1, -0.05) is 6.92 Å². The van der Waals surface area contributed by atoms with Crippen LogP contribution in [0, 0.1) is 5.92 Å². The molecule has 0 amide bonds. The zero-order chi connectivity index (χ0) is 13.9. The first-order chi connectivity index (χ1) is 9.00. The van der Waals surface area contributed by atoms with Crippen molar-refractivity contribution in [1.82, 2.24) is 10.2 Å². The Morgan fingerprint density at radius 3 is 2.84 bits per heavy atom. The molecule has 3 N–H and O–H groups in total. The summed E-state index contributed by atoms with van der Waals surface area (Å²) in [5.41, 5.74) is 5.77. The summed E-state index contributed by atoms with van der Waals surface area (Å²) in [6.45, 7) is 5.57. The molecule has 0 radical (unpaired) electrons. The third-order valence-electron chi connectivity index (χ3n) is 4.12. The Morgan fingerprint density at radius 1 is 1.47 bits per heavy atom. The number of nitrogens with one attached hydrogen (secondary N) is 1. The van der Waals surface area contributed by atoms with Crippen LogP contribution in [0.5, 0.6) is 0 Å². The maximum Gasteiger partial charge on any atom is 0.248 e. The molecule has 2 fully saturated rings. The fraction of sp³-hybridized carbons (Fsp3) is 0.923. The van der Waals surface area contributed by atoms with E-state index in [1.165, 1.54) is 12.8 Å². The van der Waals surface area contributed by atoms with Crippen LogP contribution >= 0.6 is 0 Å². The van der Waals surface area contributed by atoms with E-state index < -0.39 is 5.92 Å². The van der Waals surface area contributed by atoms with Crippen LogP contribution in [0.4, 0.5) is 8.78 Å². The van der Waals surface area contributed by atoms with E-state index in [9.17, 15) is 8.78 Å². The third kappa shape index (κ3) is 4.03. The van der Waals surface area contributed by atoms with Gasteiger partial charge in [0.2, 0.25) is 5.92 Å². The summed E-state index contributed by atoms with van der Waals surface area (Å²) >= 11 is 0. The minimum atomic E-state index is -2.46. The van der Waals surface area contributed by atoms with Gasteiger partial charge in [0.15, 0.2) is 5.96 Å². The van der Waals surface area contributed by atoms with Crippen LogP contribution in [0.1, 0.15) is 32.6 Å². The van der Waals surface area contributed by atoms with Crippen molar-refractivity contribution >= 4 is 5.96 Å². The number of hydrogen-bond donors (Lipinski definition) is 2. The molecule has 1 saturated carbocycles. The van der Waals surface area contributed by atoms with Crippen molar-refractivity contribution in [2.24, 2.45) is 16.6 Å². The Hall–Kier alpha value is -0.910. The SMILES string of the molecule is CCN1CCCC1CNC(N)=NCC1CC(F)(F)C1. The summed E-state index contributed by atoms with van der Waals surface area (Å²) in [4.78, 5) is 6.58. The fourth-order valence-electron chi connectivity index (χ4n) is 2.96. The Balaban J connectivity index is 1.65. The van der Waals surface area contributed by atoms with Crippen molar-refractivity contribution in [3.05, 3.63) is 0 Å². The first kappa shape index (κ1) is 14.5. The van der Waals surface area contributed by atoms with Crippen molar-refractivity contribution < 1.29 is 8.78 Å². The molecule has 110 valence electrons. The first-order valence-corrected chi connectivity index (χ1v) is 7.16. The Bertz CT molecular complexity index is 325. The molecule has 1 atom stereocenters. The van der Waals surface area contributed by atoms with Gasteiger partial charge in [-0.25, -0.2) is 8.78 Å². The number of hydrogen-bond acceptors (Lipinski definition) is 2. The van der Waals surface area contributed by atoms with Gasteiger partial charge in [0.25, 0.3) is 0 Å². The maximum atomic E-state index is 12.6. The molecule has 0 spiro atoms. The molecule has 19 heavy (non-hydrogen) atoms. The van der Waals surface area contributed by atoms with Crippen LogP contribution in [0.3, 0.4) is 0 Å². The van der Waals surface area contributed by atoms with Gasteiger partial charge in [0, 0.05) is 32.0 Å². The average molecular weight is 274 g/mol. The molecule has 1 saturated heterocycles. The second-order valence-electron chi connectivity index (χ2n) is 5.66. The zero-order valence-corrected chi connectivity index (χ0v) is 11.5. The second-order valence-corrected chi connectivity index (χ2v) is 5.66. The average Bonchev–Trinajstić information content (AvgIpc) is 2.78. The maximum absolute atomic E-state index is 12.6. The molecule has 0 bridgehead atoms. The van der Waals surface area contributed by atoms with E-state index in [2.05, 4.69) is 22.1 Å². The second kappa shape index (κ2) is 6.03. The quantitative estimate of drug-likeness (QED) is 0.589. The summed E-state index contributed by atoms with van der Waals surface area (Å²) in [5.74, 6) is -2.08. The van der Waals surface area contributed by atoms with Crippen LogP contribution < -0.4 is 11.1 Å². The van der Waals surface area contributed by atoms with E-state index in [0.29, 0.717) is 18.5 Å². The number of likely N-dealkylation sites (N-methyl/N-ethyl adjacent to an activating group) is 1. The number of likely N-dealkylation sites (tertiary alicyclic amines) is 1. The smallest absolute Gasteiger partial charge is 0.248 e. The Labute approximate surface area is 113 Å². The highest BCUT2D eigenvalue weighted by Gasteiger charge is 2.44. The normalized spacial score (nSPS) is 28.4. The molecular formula is C13H24F2N4. The largest absolute Gasteiger partial charge is 0.370 e. The number of nitrogens with two attached hydrogens (primary N) is 1. The van der Waals surface area contributed by atoms with Gasteiger partial charge in [-0.05, 0) is 31.8 Å². The number of guanidine groups is 1. The monoisotopic (exact) mass is 274 g/mol. The van der Waals surface area contributed by atoms with E-state index in [1.807, 2.05) is 0 Å². The van der Waals surface area contributed by atoms with Crippen LogP contribution in [0.2, 0.25) is 0 Å². The van der Waals surface area contributed by atoms with Crippen molar-refractivity contribution in [3.8, 4) is 0 Å². The van der Waals surface area contributed by atoms with Crippen molar-refractivity contribution in [2.45, 2.75) is 44.6 Å². The van der Waals surface area contributed by atoms with Crippen LogP contribution in [-0.4, -0.2) is 49.0 Å². The van der Waals surface area contributed by atoms with Crippen molar-refractivity contribution in [3.63, 3.8) is 0 Å². The molecule has 2 aliphatic rings. The van der Waals surface area contributed by atoms with Gasteiger partial charge in [0.05, 0.1) is 0 Å². The van der Waals surface area contributed by atoms with Crippen molar-refractivity contribution in [1.29, 1.82) is 0 Å². The van der Waals surface area contributed by atoms with E-state index >= 15 is 0 Å². The predicted molar refractivity (Wildman–Crippen MR) is 72.4 cm³/mol. The summed E-state index contributed by atoms with van der Waals surface area (Å²) in [5, 5.41) is 3.11. The molecule has 1 aliphatic heterocycles. The molecule has 0 aromatic carbocycles. The molecule has 6 heteroatoms. The predicted octanol–water partition coefficient (Wildman–Crippen LogP) is 1.42. The number of nitrogens with zero attached hydrogens (tertiary/aromatic N) is 2. The summed E-state index contributed by atoms with van der Waals surface area (Å²) < 4.78 is 25.3. The van der Waals surface area contributed by atoms with Gasteiger partial charge >= 0.3 is 0 Å². The summed E-state index contributed by atoms with van der Waals surface area (Å²) in [7, 11) is 0. The van der Waals surface area contributed by atoms with Crippen LogP contribution in [-0.2, 0) is 0 Å².